The molecule has 7 heteroatoms. The van der Waals surface area contributed by atoms with E-state index < -0.39 is 6.04 Å². The van der Waals surface area contributed by atoms with Gasteiger partial charge in [-0.05, 0) is 29.3 Å². The number of ether oxygens (including phenoxy) is 4. The Balaban J connectivity index is 1.85. The number of nitrogens with zero attached hydrogens (tertiary/aromatic N) is 1. The van der Waals surface area contributed by atoms with Crippen LogP contribution in [0.4, 0.5) is 5.69 Å². The average molecular weight is 447 g/mol. The van der Waals surface area contributed by atoms with Crippen LogP contribution in [0.2, 0.25) is 0 Å². The third-order valence-electron chi connectivity index (χ3n) is 5.59. The van der Waals surface area contributed by atoms with E-state index in [9.17, 15) is 9.90 Å². The van der Waals surface area contributed by atoms with Gasteiger partial charge in [-0.2, -0.15) is 0 Å². The number of methoxy groups -OCH3 is 4. The van der Waals surface area contributed by atoms with Gasteiger partial charge in [0.25, 0.3) is 5.91 Å². The molecule has 0 aliphatic carbocycles. The number of phenols is 1. The molecule has 0 aromatic heterocycles. The van der Waals surface area contributed by atoms with Crippen molar-refractivity contribution in [1.29, 1.82) is 0 Å². The Kier molecular flexibility index (Phi) is 6.13. The van der Waals surface area contributed by atoms with Gasteiger partial charge in [0.15, 0.2) is 23.0 Å². The molecular weight excluding hydrogens is 422 g/mol. The van der Waals surface area contributed by atoms with Crippen molar-refractivity contribution in [3.63, 3.8) is 0 Å². The van der Waals surface area contributed by atoms with E-state index in [1.54, 1.807) is 29.2 Å². The van der Waals surface area contributed by atoms with E-state index in [-0.39, 0.29) is 11.7 Å². The number of phenolic OH excluding ortho intramolecular Hbond substituents is 1. The Bertz CT molecular complexity index is 1180. The maximum atomic E-state index is 13.4. The Labute approximate surface area is 192 Å². The zero-order valence-electron chi connectivity index (χ0n) is 18.9. The van der Waals surface area contributed by atoms with Crippen LogP contribution < -0.4 is 23.8 Å². The number of rotatable bonds is 7. The number of hydrogen-bond acceptors (Lipinski definition) is 6. The van der Waals surface area contributed by atoms with Crippen molar-refractivity contribution in [2.45, 2.75) is 6.04 Å². The third kappa shape index (κ3) is 3.93. The molecule has 1 fully saturated rings. The van der Waals surface area contributed by atoms with Crippen LogP contribution in [0.3, 0.4) is 0 Å². The highest BCUT2D eigenvalue weighted by atomic mass is 16.5. The van der Waals surface area contributed by atoms with Crippen molar-refractivity contribution in [2.24, 2.45) is 0 Å². The minimum absolute atomic E-state index is 0.00162. The molecule has 1 unspecified atom stereocenters. The number of hydrogen-bond donors (Lipinski definition) is 1. The van der Waals surface area contributed by atoms with Crippen molar-refractivity contribution in [3.8, 4) is 28.7 Å². The summed E-state index contributed by atoms with van der Waals surface area (Å²) in [5.74, 6) is 1.52. The summed E-state index contributed by atoms with van der Waals surface area (Å²) in [6.07, 6.45) is 1.86. The summed E-state index contributed by atoms with van der Waals surface area (Å²) in [5, 5.41) is 10.4. The van der Waals surface area contributed by atoms with Gasteiger partial charge in [0.1, 0.15) is 0 Å². The van der Waals surface area contributed by atoms with Crippen molar-refractivity contribution in [1.82, 2.24) is 0 Å². The predicted molar refractivity (Wildman–Crippen MR) is 125 cm³/mol. The summed E-state index contributed by atoms with van der Waals surface area (Å²) in [5.41, 5.74) is 2.83. The lowest BCUT2D eigenvalue weighted by Crippen LogP contribution is -2.49. The topological polar surface area (TPSA) is 77.5 Å². The van der Waals surface area contributed by atoms with Gasteiger partial charge in [0.05, 0.1) is 40.2 Å². The van der Waals surface area contributed by atoms with E-state index in [1.165, 1.54) is 28.4 Å². The number of anilines is 1. The summed E-state index contributed by atoms with van der Waals surface area (Å²) >= 11 is 0. The standard InChI is InChI=1S/C26H25NO6/c1-30-21-11-10-17(13-20(21)28)24-19(12-16-8-6-5-7-9-16)26(29)27(24)18-14-22(31-2)25(33-4)23(15-18)32-3/h5-15,24,28H,1-4H3. The first-order chi connectivity index (χ1) is 16.0. The quantitative estimate of drug-likeness (QED) is 0.421. The maximum Gasteiger partial charge on any atom is 0.257 e. The second kappa shape index (κ2) is 9.16. The number of benzene rings is 3. The molecule has 0 bridgehead atoms. The number of amides is 1. The molecule has 1 aliphatic heterocycles. The zero-order chi connectivity index (χ0) is 23.5. The Hall–Kier alpha value is -4.13. The molecule has 0 spiro atoms. The monoisotopic (exact) mass is 447 g/mol. The highest BCUT2D eigenvalue weighted by molar-refractivity contribution is 6.18. The minimum atomic E-state index is -0.433. The van der Waals surface area contributed by atoms with Gasteiger partial charge in [-0.15, -0.1) is 0 Å². The van der Waals surface area contributed by atoms with Gasteiger partial charge in [-0.25, -0.2) is 0 Å². The molecule has 170 valence electrons. The molecule has 3 aromatic carbocycles. The predicted octanol–water partition coefficient (Wildman–Crippen LogP) is 4.60. The fraction of sp³-hybridized carbons (Fsp3) is 0.192. The lowest BCUT2D eigenvalue weighted by Gasteiger charge is -2.43. The van der Waals surface area contributed by atoms with Gasteiger partial charge < -0.3 is 24.1 Å². The molecule has 1 heterocycles. The molecule has 1 saturated heterocycles. The molecule has 1 amide bonds. The van der Waals surface area contributed by atoms with E-state index in [0.717, 1.165) is 11.1 Å². The molecular formula is C26H25NO6. The summed E-state index contributed by atoms with van der Waals surface area (Å²) in [6.45, 7) is 0. The minimum Gasteiger partial charge on any atom is -0.504 e. The smallest absolute Gasteiger partial charge is 0.257 e. The molecule has 1 aliphatic rings. The second-order valence-corrected chi connectivity index (χ2v) is 7.40. The summed E-state index contributed by atoms with van der Waals surface area (Å²) in [7, 11) is 6.07. The summed E-state index contributed by atoms with van der Waals surface area (Å²) in [6, 6.07) is 17.8. The molecule has 7 nitrogen and oxygen atoms in total. The van der Waals surface area contributed by atoms with Crippen LogP contribution in [0.25, 0.3) is 6.08 Å². The van der Waals surface area contributed by atoms with Crippen LogP contribution >= 0.6 is 0 Å². The van der Waals surface area contributed by atoms with Gasteiger partial charge in [0.2, 0.25) is 5.75 Å². The Morgan fingerprint density at radius 1 is 0.818 bits per heavy atom. The maximum absolute atomic E-state index is 13.4. The van der Waals surface area contributed by atoms with Crippen LogP contribution in [-0.4, -0.2) is 39.5 Å². The molecule has 3 aromatic rings. The summed E-state index contributed by atoms with van der Waals surface area (Å²) < 4.78 is 21.5. The van der Waals surface area contributed by atoms with Crippen molar-refractivity contribution < 1.29 is 28.8 Å². The number of carbonyl (C=O) groups is 1. The average Bonchev–Trinajstić information content (AvgIpc) is 2.85. The van der Waals surface area contributed by atoms with E-state index in [4.69, 9.17) is 18.9 Å². The van der Waals surface area contributed by atoms with Crippen molar-refractivity contribution >= 4 is 17.7 Å². The Morgan fingerprint density at radius 3 is 2.00 bits per heavy atom. The molecule has 33 heavy (non-hydrogen) atoms. The second-order valence-electron chi connectivity index (χ2n) is 7.40. The normalized spacial score (nSPS) is 16.4. The molecule has 1 atom stereocenters. The van der Waals surface area contributed by atoms with Gasteiger partial charge in [0, 0.05) is 17.7 Å². The van der Waals surface area contributed by atoms with E-state index in [2.05, 4.69) is 0 Å². The lowest BCUT2D eigenvalue weighted by molar-refractivity contribution is -0.118. The first-order valence-corrected chi connectivity index (χ1v) is 10.3. The molecule has 0 saturated carbocycles. The Morgan fingerprint density at radius 2 is 1.45 bits per heavy atom. The molecule has 0 radical (unpaired) electrons. The summed E-state index contributed by atoms with van der Waals surface area (Å²) in [4.78, 5) is 15.0. The highest BCUT2D eigenvalue weighted by Crippen LogP contribution is 2.49. The molecule has 1 N–H and O–H groups in total. The fourth-order valence-corrected chi connectivity index (χ4v) is 3.99. The number of aromatic hydroxyl groups is 1. The number of carbonyl (C=O) groups excluding carboxylic acids is 1. The number of β-lactam (4-membered cyclic amide) rings is 1. The first-order valence-electron chi connectivity index (χ1n) is 10.3. The van der Waals surface area contributed by atoms with Gasteiger partial charge in [-0.3, -0.25) is 9.69 Å². The van der Waals surface area contributed by atoms with E-state index >= 15 is 0 Å². The van der Waals surface area contributed by atoms with E-state index in [1.807, 2.05) is 42.5 Å². The van der Waals surface area contributed by atoms with Crippen LogP contribution in [0.15, 0.2) is 66.2 Å². The van der Waals surface area contributed by atoms with Gasteiger partial charge in [-0.1, -0.05) is 36.4 Å². The van der Waals surface area contributed by atoms with Crippen LogP contribution in [-0.2, 0) is 4.79 Å². The van der Waals surface area contributed by atoms with Crippen LogP contribution in [0.1, 0.15) is 17.2 Å². The van der Waals surface area contributed by atoms with E-state index in [0.29, 0.717) is 34.3 Å². The SMILES string of the molecule is COc1ccc(C2C(=Cc3ccccc3)C(=O)N2c2cc(OC)c(OC)c(OC)c2)cc1O. The highest BCUT2D eigenvalue weighted by Gasteiger charge is 2.44. The van der Waals surface area contributed by atoms with Crippen LogP contribution in [0.5, 0.6) is 28.7 Å². The fourth-order valence-electron chi connectivity index (χ4n) is 3.99. The first kappa shape index (κ1) is 22.1. The van der Waals surface area contributed by atoms with Crippen LogP contribution in [0, 0.1) is 0 Å². The third-order valence-corrected chi connectivity index (χ3v) is 5.59. The lowest BCUT2D eigenvalue weighted by atomic mass is 9.85. The largest absolute Gasteiger partial charge is 0.504 e. The van der Waals surface area contributed by atoms with Crippen molar-refractivity contribution in [3.05, 3.63) is 77.4 Å². The molecule has 4 rings (SSSR count). The van der Waals surface area contributed by atoms with Crippen molar-refractivity contribution in [2.75, 3.05) is 33.3 Å². The zero-order valence-corrected chi connectivity index (χ0v) is 18.9. The van der Waals surface area contributed by atoms with Gasteiger partial charge >= 0.3 is 0 Å².